The van der Waals surface area contributed by atoms with Crippen molar-refractivity contribution in [2.24, 2.45) is 0 Å². The summed E-state index contributed by atoms with van der Waals surface area (Å²) in [6.45, 7) is 0. The first kappa shape index (κ1) is 21.8. The summed E-state index contributed by atoms with van der Waals surface area (Å²) in [4.78, 5) is 30.4. The van der Waals surface area contributed by atoms with Crippen molar-refractivity contribution in [3.05, 3.63) is 45.3 Å². The number of anilines is 1. The number of benzene rings is 1. The number of carbonyl (C=O) groups is 1. The van der Waals surface area contributed by atoms with Gasteiger partial charge in [0.1, 0.15) is 5.75 Å². The smallest absolute Gasteiger partial charge is 0.433 e. The summed E-state index contributed by atoms with van der Waals surface area (Å²) in [5, 5.41) is 13.3. The van der Waals surface area contributed by atoms with E-state index in [1.165, 1.54) is 19.2 Å². The van der Waals surface area contributed by atoms with Crippen LogP contribution in [0.15, 0.2) is 23.4 Å². The van der Waals surface area contributed by atoms with Gasteiger partial charge < -0.3 is 10.1 Å². The molecule has 30 heavy (non-hydrogen) atoms. The molecule has 8 nitrogen and oxygen atoms in total. The van der Waals surface area contributed by atoms with Crippen molar-refractivity contribution in [2.75, 3.05) is 18.2 Å². The molecule has 0 saturated heterocycles. The normalized spacial score (nSPS) is 13.5. The first-order chi connectivity index (χ1) is 14.2. The van der Waals surface area contributed by atoms with E-state index < -0.39 is 22.7 Å². The third-order valence-electron chi connectivity index (χ3n) is 4.43. The fraction of sp³-hybridized carbons (Fsp3) is 0.389. The molecular weight excluding hydrogens is 425 g/mol. The van der Waals surface area contributed by atoms with Crippen LogP contribution in [0.5, 0.6) is 5.75 Å². The zero-order valence-corrected chi connectivity index (χ0v) is 16.6. The Morgan fingerprint density at radius 1 is 1.30 bits per heavy atom. The van der Waals surface area contributed by atoms with Crippen molar-refractivity contribution in [1.82, 2.24) is 9.97 Å². The number of hydrogen-bond acceptors (Lipinski definition) is 7. The second-order valence-electron chi connectivity index (χ2n) is 6.46. The third-order valence-corrected chi connectivity index (χ3v) is 5.28. The second kappa shape index (κ2) is 8.86. The molecule has 3 rings (SSSR count). The molecule has 160 valence electrons. The molecule has 1 amide bonds. The highest BCUT2D eigenvalue weighted by molar-refractivity contribution is 7.99. The standard InChI is InChI=1S/C18H17F3N4O4S/c1-29-14-7-6-10(25(27)28)8-13(14)22-15(26)9-30-17-23-12-5-3-2-4-11(12)16(24-17)18(19,20)21/h6-8H,2-5,9H2,1H3,(H,22,26). The maximum Gasteiger partial charge on any atom is 0.433 e. The van der Waals surface area contributed by atoms with E-state index in [0.717, 1.165) is 24.2 Å². The summed E-state index contributed by atoms with van der Waals surface area (Å²) in [5.74, 6) is -0.654. The van der Waals surface area contributed by atoms with Crippen LogP contribution in [0.1, 0.15) is 29.8 Å². The molecule has 0 fully saturated rings. The lowest BCUT2D eigenvalue weighted by atomic mass is 9.94. The molecule has 0 spiro atoms. The van der Waals surface area contributed by atoms with Crippen LogP contribution in [0, 0.1) is 10.1 Å². The van der Waals surface area contributed by atoms with Crippen LogP contribution in [-0.2, 0) is 23.8 Å². The molecule has 1 aromatic carbocycles. The number of nitro benzene ring substituents is 1. The minimum absolute atomic E-state index is 0.0830. The van der Waals surface area contributed by atoms with Crippen LogP contribution in [0.2, 0.25) is 0 Å². The molecule has 1 aliphatic carbocycles. The van der Waals surface area contributed by atoms with E-state index in [0.29, 0.717) is 18.5 Å². The number of halogens is 3. The third kappa shape index (κ3) is 4.99. The fourth-order valence-electron chi connectivity index (χ4n) is 3.09. The first-order valence-electron chi connectivity index (χ1n) is 8.91. The van der Waals surface area contributed by atoms with Gasteiger partial charge in [-0.15, -0.1) is 0 Å². The Morgan fingerprint density at radius 2 is 2.03 bits per heavy atom. The van der Waals surface area contributed by atoms with E-state index in [1.54, 1.807) is 0 Å². The maximum absolute atomic E-state index is 13.4. The molecule has 1 aromatic heterocycles. The number of methoxy groups -OCH3 is 1. The molecule has 0 saturated carbocycles. The highest BCUT2D eigenvalue weighted by Crippen LogP contribution is 2.36. The minimum Gasteiger partial charge on any atom is -0.495 e. The van der Waals surface area contributed by atoms with E-state index >= 15 is 0 Å². The summed E-state index contributed by atoms with van der Waals surface area (Å²) < 4.78 is 45.2. The molecule has 0 aliphatic heterocycles. The zero-order chi connectivity index (χ0) is 21.9. The molecule has 1 aliphatic rings. The number of aromatic nitrogens is 2. The van der Waals surface area contributed by atoms with Crippen molar-refractivity contribution >= 4 is 29.0 Å². The van der Waals surface area contributed by atoms with E-state index in [4.69, 9.17) is 4.74 Å². The molecule has 0 atom stereocenters. The molecule has 0 bridgehead atoms. The fourth-order valence-corrected chi connectivity index (χ4v) is 3.76. The average Bonchev–Trinajstić information content (AvgIpc) is 2.70. The number of nitro groups is 1. The topological polar surface area (TPSA) is 107 Å². The van der Waals surface area contributed by atoms with E-state index in [2.05, 4.69) is 15.3 Å². The monoisotopic (exact) mass is 442 g/mol. The van der Waals surface area contributed by atoms with Gasteiger partial charge in [-0.2, -0.15) is 13.2 Å². The lowest BCUT2D eigenvalue weighted by molar-refractivity contribution is -0.384. The Bertz CT molecular complexity index is 985. The van der Waals surface area contributed by atoms with Crippen LogP contribution >= 0.6 is 11.8 Å². The molecule has 0 radical (unpaired) electrons. The number of rotatable bonds is 6. The van der Waals surface area contributed by atoms with Gasteiger partial charge >= 0.3 is 6.18 Å². The molecule has 12 heteroatoms. The quantitative estimate of drug-likeness (QED) is 0.312. The van der Waals surface area contributed by atoms with E-state index in [9.17, 15) is 28.1 Å². The first-order valence-corrected chi connectivity index (χ1v) is 9.89. The van der Waals surface area contributed by atoms with Crippen LogP contribution in [0.25, 0.3) is 0 Å². The highest BCUT2D eigenvalue weighted by atomic mass is 32.2. The van der Waals surface area contributed by atoms with Gasteiger partial charge in [0, 0.05) is 23.4 Å². The van der Waals surface area contributed by atoms with Crippen LogP contribution in [-0.4, -0.2) is 33.7 Å². The van der Waals surface area contributed by atoms with Crippen LogP contribution in [0.4, 0.5) is 24.5 Å². The zero-order valence-electron chi connectivity index (χ0n) is 15.8. The molecule has 1 N–H and O–H groups in total. The number of aryl methyl sites for hydroxylation is 1. The number of nitrogens with one attached hydrogen (secondary N) is 1. The molecule has 0 unspecified atom stereocenters. The van der Waals surface area contributed by atoms with Gasteiger partial charge in [0.25, 0.3) is 5.69 Å². The van der Waals surface area contributed by atoms with Crippen molar-refractivity contribution in [3.63, 3.8) is 0 Å². The van der Waals surface area contributed by atoms with E-state index in [1.807, 2.05) is 0 Å². The van der Waals surface area contributed by atoms with Gasteiger partial charge in [-0.3, -0.25) is 14.9 Å². The van der Waals surface area contributed by atoms with Crippen molar-refractivity contribution in [2.45, 2.75) is 37.0 Å². The Morgan fingerprint density at radius 3 is 2.70 bits per heavy atom. The summed E-state index contributed by atoms with van der Waals surface area (Å²) in [6, 6.07) is 3.70. The van der Waals surface area contributed by atoms with Gasteiger partial charge in [-0.1, -0.05) is 11.8 Å². The number of nitrogens with zero attached hydrogens (tertiary/aromatic N) is 3. The van der Waals surface area contributed by atoms with Crippen molar-refractivity contribution in [3.8, 4) is 5.75 Å². The number of carbonyl (C=O) groups excluding carboxylic acids is 1. The summed E-state index contributed by atoms with van der Waals surface area (Å²) in [7, 11) is 1.34. The Balaban J connectivity index is 1.75. The Labute approximate surface area is 173 Å². The molecular formula is C18H17F3N4O4S. The molecule has 1 heterocycles. The molecule has 2 aromatic rings. The van der Waals surface area contributed by atoms with Crippen LogP contribution in [0.3, 0.4) is 0 Å². The summed E-state index contributed by atoms with van der Waals surface area (Å²) in [6.07, 6.45) is -2.48. The van der Waals surface area contributed by atoms with Gasteiger partial charge in [0.05, 0.1) is 23.5 Å². The number of ether oxygens (including phenoxy) is 1. The number of alkyl halides is 3. The number of thioether (sulfide) groups is 1. The maximum atomic E-state index is 13.4. The summed E-state index contributed by atoms with van der Waals surface area (Å²) in [5.41, 5.74) is -0.614. The lowest BCUT2D eigenvalue weighted by Crippen LogP contribution is -2.20. The van der Waals surface area contributed by atoms with Crippen molar-refractivity contribution in [1.29, 1.82) is 0 Å². The number of hydrogen-bond donors (Lipinski definition) is 1. The van der Waals surface area contributed by atoms with E-state index in [-0.39, 0.29) is 40.0 Å². The number of fused-ring (bicyclic) bond motifs is 1. The predicted molar refractivity (Wildman–Crippen MR) is 103 cm³/mol. The lowest BCUT2D eigenvalue weighted by Gasteiger charge is -2.20. The second-order valence-corrected chi connectivity index (χ2v) is 7.41. The minimum atomic E-state index is -4.60. The van der Waals surface area contributed by atoms with Gasteiger partial charge in [-0.05, 0) is 31.7 Å². The summed E-state index contributed by atoms with van der Waals surface area (Å²) >= 11 is 0.766. The van der Waals surface area contributed by atoms with Gasteiger partial charge in [-0.25, -0.2) is 9.97 Å². The Kier molecular flexibility index (Phi) is 6.44. The Hall–Kier alpha value is -2.89. The van der Waals surface area contributed by atoms with Crippen molar-refractivity contribution < 1.29 is 27.6 Å². The number of amides is 1. The number of non-ortho nitro benzene ring substituents is 1. The SMILES string of the molecule is COc1ccc([N+](=O)[O-])cc1NC(=O)CSc1nc2c(c(C(F)(F)F)n1)CCCC2. The largest absolute Gasteiger partial charge is 0.495 e. The predicted octanol–water partition coefficient (Wildman–Crippen LogP) is 4.02. The van der Waals surface area contributed by atoms with Crippen LogP contribution < -0.4 is 10.1 Å². The average molecular weight is 442 g/mol. The van der Waals surface area contributed by atoms with Gasteiger partial charge in [0.15, 0.2) is 10.9 Å². The van der Waals surface area contributed by atoms with Gasteiger partial charge in [0.2, 0.25) is 5.91 Å². The highest BCUT2D eigenvalue weighted by Gasteiger charge is 2.38.